The molecule has 0 unspecified atom stereocenters. The second kappa shape index (κ2) is 5.43. The van der Waals surface area contributed by atoms with Gasteiger partial charge in [0.25, 0.3) is 0 Å². The van der Waals surface area contributed by atoms with E-state index >= 15 is 0 Å². The predicted octanol–water partition coefficient (Wildman–Crippen LogP) is 6.46. The molecule has 1 aromatic rings. The first-order valence-corrected chi connectivity index (χ1v) is 8.63. The summed E-state index contributed by atoms with van der Waals surface area (Å²) in [4.78, 5) is 0. The maximum Gasteiger partial charge on any atom is 0.128 e. The summed E-state index contributed by atoms with van der Waals surface area (Å²) in [5.41, 5.74) is 3.09. The molecule has 1 aromatic carbocycles. The molecule has 0 spiro atoms. The molecule has 0 fully saturated rings. The fraction of sp³-hybridized carbons (Fsp3) is 0.625. The Hall–Kier alpha value is 0.610. The molecule has 3 heteroatoms. The SMILES string of the molecule is CC(C)(C)c1cc(F)c(C(C)(C)I)cc1C(C)(C)I. The van der Waals surface area contributed by atoms with Crippen LogP contribution in [-0.4, -0.2) is 0 Å². The molecule has 108 valence electrons. The highest BCUT2D eigenvalue weighted by atomic mass is 127. The van der Waals surface area contributed by atoms with Crippen molar-refractivity contribution in [2.24, 2.45) is 0 Å². The van der Waals surface area contributed by atoms with Crippen molar-refractivity contribution in [1.82, 2.24) is 0 Å². The average molecular weight is 488 g/mol. The summed E-state index contributed by atoms with van der Waals surface area (Å²) in [5, 5.41) is 0. The van der Waals surface area contributed by atoms with E-state index in [4.69, 9.17) is 0 Å². The molecule has 0 nitrogen and oxygen atoms in total. The highest BCUT2D eigenvalue weighted by Gasteiger charge is 2.30. The largest absolute Gasteiger partial charge is 0.207 e. The predicted molar refractivity (Wildman–Crippen MR) is 99.2 cm³/mol. The maximum atomic E-state index is 14.4. The zero-order valence-corrected chi connectivity index (χ0v) is 17.1. The molecule has 1 rings (SSSR count). The van der Waals surface area contributed by atoms with Crippen molar-refractivity contribution in [3.8, 4) is 0 Å². The summed E-state index contributed by atoms with van der Waals surface area (Å²) < 4.78 is 14.2. The molecule has 0 N–H and O–H groups in total. The monoisotopic (exact) mass is 488 g/mol. The Morgan fingerprint density at radius 2 is 1.16 bits per heavy atom. The molecule has 0 aliphatic carbocycles. The average Bonchev–Trinajstić information content (AvgIpc) is 2.11. The van der Waals surface area contributed by atoms with Crippen molar-refractivity contribution in [2.75, 3.05) is 0 Å². The van der Waals surface area contributed by atoms with E-state index in [1.165, 1.54) is 5.56 Å². The van der Waals surface area contributed by atoms with Crippen molar-refractivity contribution in [3.63, 3.8) is 0 Å². The van der Waals surface area contributed by atoms with Gasteiger partial charge in [-0.15, -0.1) is 0 Å². The third-order valence-electron chi connectivity index (χ3n) is 3.20. The van der Waals surface area contributed by atoms with Crippen LogP contribution in [0, 0.1) is 5.82 Å². The zero-order chi connectivity index (χ0) is 15.2. The molecule has 0 amide bonds. The molecular weight excluding hydrogens is 465 g/mol. The Bertz CT molecular complexity index is 471. The van der Waals surface area contributed by atoms with Gasteiger partial charge in [0, 0.05) is 12.4 Å². The van der Waals surface area contributed by atoms with Gasteiger partial charge in [-0.1, -0.05) is 66.0 Å². The fourth-order valence-corrected chi connectivity index (χ4v) is 3.00. The summed E-state index contributed by atoms with van der Waals surface area (Å²) in [6.45, 7) is 14.9. The van der Waals surface area contributed by atoms with Crippen LogP contribution in [0.4, 0.5) is 4.39 Å². The van der Waals surface area contributed by atoms with Crippen LogP contribution in [-0.2, 0) is 12.3 Å². The van der Waals surface area contributed by atoms with Crippen molar-refractivity contribution in [1.29, 1.82) is 0 Å². The number of benzene rings is 1. The van der Waals surface area contributed by atoms with E-state index in [2.05, 4.69) is 85.9 Å². The summed E-state index contributed by atoms with van der Waals surface area (Å²) >= 11 is 4.74. The van der Waals surface area contributed by atoms with E-state index in [9.17, 15) is 4.39 Å². The minimum atomic E-state index is -0.200. The lowest BCUT2D eigenvalue weighted by molar-refractivity contribution is 0.546. The van der Waals surface area contributed by atoms with Crippen LogP contribution in [0.5, 0.6) is 0 Å². The van der Waals surface area contributed by atoms with Gasteiger partial charge in [0.1, 0.15) is 5.82 Å². The zero-order valence-electron chi connectivity index (χ0n) is 12.8. The summed E-state index contributed by atoms with van der Waals surface area (Å²) in [7, 11) is 0. The van der Waals surface area contributed by atoms with Crippen LogP contribution >= 0.6 is 45.2 Å². The van der Waals surface area contributed by atoms with Crippen molar-refractivity contribution < 1.29 is 4.39 Å². The van der Waals surface area contributed by atoms with Gasteiger partial charge < -0.3 is 0 Å². The van der Waals surface area contributed by atoms with Crippen LogP contribution in [0.25, 0.3) is 0 Å². The number of hydrogen-bond acceptors (Lipinski definition) is 0. The number of rotatable bonds is 2. The Morgan fingerprint density at radius 1 is 0.737 bits per heavy atom. The first-order chi connectivity index (χ1) is 8.24. The van der Waals surface area contributed by atoms with Crippen LogP contribution < -0.4 is 0 Å². The normalized spacial score (nSPS) is 13.8. The number of halogens is 3. The van der Waals surface area contributed by atoms with E-state index in [-0.39, 0.29) is 18.1 Å². The quantitative estimate of drug-likeness (QED) is 0.331. The van der Waals surface area contributed by atoms with Crippen molar-refractivity contribution >= 4 is 45.2 Å². The number of alkyl halides is 2. The lowest BCUT2D eigenvalue weighted by Crippen LogP contribution is -2.23. The lowest BCUT2D eigenvalue weighted by atomic mass is 9.79. The molecule has 0 aromatic heterocycles. The summed E-state index contributed by atoms with van der Waals surface area (Å²) in [5.74, 6) is -0.0891. The molecule has 0 aliphatic heterocycles. The molecule has 0 heterocycles. The third-order valence-corrected chi connectivity index (χ3v) is 4.36. The molecule has 0 saturated heterocycles. The molecule has 0 saturated carbocycles. The highest BCUT2D eigenvalue weighted by molar-refractivity contribution is 14.1. The topological polar surface area (TPSA) is 0 Å². The van der Waals surface area contributed by atoms with Crippen LogP contribution in [0.15, 0.2) is 12.1 Å². The first kappa shape index (κ1) is 17.7. The number of hydrogen-bond donors (Lipinski definition) is 0. The second-order valence-electron chi connectivity index (χ2n) is 7.07. The Morgan fingerprint density at radius 3 is 1.47 bits per heavy atom. The van der Waals surface area contributed by atoms with E-state index in [0.29, 0.717) is 0 Å². The van der Waals surface area contributed by atoms with E-state index in [1.807, 2.05) is 13.8 Å². The standard InChI is InChI=1S/C16H23FI2/c1-14(2,3)10-9-13(17)12(16(6,7)19)8-11(10)15(4,5)18/h8-9H,1-7H3. The van der Waals surface area contributed by atoms with Crippen molar-refractivity contribution in [3.05, 3.63) is 34.6 Å². The minimum Gasteiger partial charge on any atom is -0.207 e. The molecule has 0 radical (unpaired) electrons. The fourth-order valence-electron chi connectivity index (χ4n) is 2.14. The second-order valence-corrected chi connectivity index (χ2v) is 12.5. The van der Waals surface area contributed by atoms with E-state index in [1.54, 1.807) is 6.07 Å². The summed E-state index contributed by atoms with van der Waals surface area (Å²) in [6, 6.07) is 3.81. The van der Waals surface area contributed by atoms with Crippen LogP contribution in [0.3, 0.4) is 0 Å². The van der Waals surface area contributed by atoms with Gasteiger partial charge in [-0.05, 0) is 56.4 Å². The van der Waals surface area contributed by atoms with Crippen LogP contribution in [0.1, 0.15) is 65.2 Å². The summed E-state index contributed by atoms with van der Waals surface area (Å²) in [6.07, 6.45) is 0. The molecular formula is C16H23FI2. The molecule has 19 heavy (non-hydrogen) atoms. The van der Waals surface area contributed by atoms with E-state index < -0.39 is 0 Å². The minimum absolute atomic E-state index is 0.00921. The van der Waals surface area contributed by atoms with Gasteiger partial charge in [-0.25, -0.2) is 4.39 Å². The Balaban J connectivity index is 3.66. The van der Waals surface area contributed by atoms with Gasteiger partial charge in [0.2, 0.25) is 0 Å². The highest BCUT2D eigenvalue weighted by Crippen LogP contribution is 2.42. The molecule has 0 aliphatic rings. The van der Waals surface area contributed by atoms with Gasteiger partial charge in [0.05, 0.1) is 0 Å². The Kier molecular flexibility index (Phi) is 5.04. The first-order valence-electron chi connectivity index (χ1n) is 6.47. The van der Waals surface area contributed by atoms with Gasteiger partial charge >= 0.3 is 0 Å². The van der Waals surface area contributed by atoms with Gasteiger partial charge in [-0.2, -0.15) is 0 Å². The van der Waals surface area contributed by atoms with Gasteiger partial charge in [-0.3, -0.25) is 0 Å². The molecule has 0 atom stereocenters. The Labute approximate surface area is 144 Å². The molecule has 0 bridgehead atoms. The van der Waals surface area contributed by atoms with Gasteiger partial charge in [0.15, 0.2) is 0 Å². The smallest absolute Gasteiger partial charge is 0.128 e. The maximum absolute atomic E-state index is 14.4. The van der Waals surface area contributed by atoms with Crippen LogP contribution in [0.2, 0.25) is 0 Å². The third kappa shape index (κ3) is 4.29. The van der Waals surface area contributed by atoms with E-state index in [0.717, 1.165) is 11.1 Å². The lowest BCUT2D eigenvalue weighted by Gasteiger charge is -2.31. The van der Waals surface area contributed by atoms with Crippen molar-refractivity contribution in [2.45, 2.75) is 60.7 Å².